The van der Waals surface area contributed by atoms with E-state index < -0.39 is 33.4 Å². The van der Waals surface area contributed by atoms with Gasteiger partial charge < -0.3 is 18.9 Å². The smallest absolute Gasteiger partial charge is 0.333 e. The Balaban J connectivity index is 2.59. The molecule has 1 saturated heterocycles. The summed E-state index contributed by atoms with van der Waals surface area (Å²) in [6.45, 7) is 5.90. The van der Waals surface area contributed by atoms with Crippen molar-refractivity contribution in [3.63, 3.8) is 0 Å². The van der Waals surface area contributed by atoms with Gasteiger partial charge in [0, 0.05) is 20.1 Å². The summed E-state index contributed by atoms with van der Waals surface area (Å²) in [7, 11) is 3.79. The van der Waals surface area contributed by atoms with Gasteiger partial charge in [0.2, 0.25) is 10.7 Å². The van der Waals surface area contributed by atoms with E-state index in [2.05, 4.69) is 0 Å². The van der Waals surface area contributed by atoms with Crippen LogP contribution < -0.4 is 0 Å². The van der Waals surface area contributed by atoms with E-state index in [0.717, 1.165) is 0 Å². The summed E-state index contributed by atoms with van der Waals surface area (Å²) in [5, 5.41) is 0. The topological polar surface area (TPSA) is 71.1 Å². The van der Waals surface area contributed by atoms with Gasteiger partial charge in [-0.15, -0.1) is 23.2 Å². The molecule has 1 aliphatic heterocycles. The third-order valence-corrected chi connectivity index (χ3v) is 6.45. The van der Waals surface area contributed by atoms with Crippen molar-refractivity contribution in [3.8, 4) is 0 Å². The van der Waals surface area contributed by atoms with E-state index in [4.69, 9.17) is 42.1 Å². The van der Waals surface area contributed by atoms with Crippen LogP contribution >= 0.6 is 23.2 Å². The lowest BCUT2D eigenvalue weighted by Gasteiger charge is -2.48. The zero-order valence-corrected chi connectivity index (χ0v) is 16.3. The maximum absolute atomic E-state index is 12.9. The minimum absolute atomic E-state index is 0.0775. The zero-order chi connectivity index (χ0) is 18.6. The van der Waals surface area contributed by atoms with Crippen molar-refractivity contribution in [2.24, 2.45) is 11.3 Å². The predicted octanol–water partition coefficient (Wildman–Crippen LogP) is 2.49. The molecule has 1 heterocycles. The molecule has 0 aromatic carbocycles. The second kappa shape index (κ2) is 6.01. The van der Waals surface area contributed by atoms with Gasteiger partial charge in [-0.25, -0.2) is 9.59 Å². The second-order valence-corrected chi connectivity index (χ2v) is 8.67. The first kappa shape index (κ1) is 19.8. The fourth-order valence-electron chi connectivity index (χ4n) is 3.85. The summed E-state index contributed by atoms with van der Waals surface area (Å²) >= 11 is 13.3. The summed E-state index contributed by atoms with van der Waals surface area (Å²) in [6.07, 6.45) is 0.164. The number of rotatable bonds is 3. The molecule has 1 aliphatic carbocycles. The average Bonchev–Trinajstić information content (AvgIpc) is 2.71. The maximum atomic E-state index is 12.9. The van der Waals surface area contributed by atoms with E-state index in [9.17, 15) is 9.59 Å². The molecular formula is C16H24Cl2O6. The number of carbonyl (C=O) groups is 2. The van der Waals surface area contributed by atoms with Crippen LogP contribution in [-0.2, 0) is 28.5 Å². The van der Waals surface area contributed by atoms with E-state index in [-0.39, 0.29) is 17.9 Å². The Morgan fingerprint density at radius 1 is 1.21 bits per heavy atom. The standard InChI is InChI=1S/C16H24Cl2O6/c1-13(2,3)10-7-9-8-14(17,11(19)21-4)16(22-5,23-6)15(9,18)12(20)24-10/h9-10H,7-8H2,1-6H3/t9-,10-,14+,15-/m0/s1. The van der Waals surface area contributed by atoms with Gasteiger partial charge in [-0.1, -0.05) is 20.8 Å². The summed E-state index contributed by atoms with van der Waals surface area (Å²) in [4.78, 5) is 21.8. The van der Waals surface area contributed by atoms with Crippen LogP contribution in [0.4, 0.5) is 0 Å². The quantitative estimate of drug-likeness (QED) is 0.424. The Morgan fingerprint density at radius 2 is 1.75 bits per heavy atom. The van der Waals surface area contributed by atoms with Crippen LogP contribution in [-0.4, -0.2) is 54.9 Å². The first-order valence-electron chi connectivity index (χ1n) is 7.72. The largest absolute Gasteiger partial charge is 0.468 e. The van der Waals surface area contributed by atoms with Gasteiger partial charge in [0.15, 0.2) is 4.87 Å². The lowest BCUT2D eigenvalue weighted by molar-refractivity contribution is -0.250. The third-order valence-electron chi connectivity index (χ3n) is 5.19. The van der Waals surface area contributed by atoms with E-state index in [0.29, 0.717) is 6.42 Å². The summed E-state index contributed by atoms with van der Waals surface area (Å²) in [6, 6.07) is 0. The summed E-state index contributed by atoms with van der Waals surface area (Å²) < 4.78 is 21.4. The fourth-order valence-corrected chi connectivity index (χ4v) is 5.00. The number of methoxy groups -OCH3 is 3. The molecular weight excluding hydrogens is 359 g/mol. The van der Waals surface area contributed by atoms with Crippen molar-refractivity contribution in [3.05, 3.63) is 0 Å². The highest BCUT2D eigenvalue weighted by Crippen LogP contribution is 2.63. The summed E-state index contributed by atoms with van der Waals surface area (Å²) in [5.74, 6) is -3.83. The van der Waals surface area contributed by atoms with Crippen LogP contribution in [0, 0.1) is 11.3 Å². The monoisotopic (exact) mass is 382 g/mol. The van der Waals surface area contributed by atoms with E-state index >= 15 is 0 Å². The fraction of sp³-hybridized carbons (Fsp3) is 0.875. The number of ether oxygens (including phenoxy) is 4. The van der Waals surface area contributed by atoms with E-state index in [1.807, 2.05) is 20.8 Å². The highest BCUT2D eigenvalue weighted by Gasteiger charge is 2.81. The molecule has 0 radical (unpaired) electrons. The molecule has 6 nitrogen and oxygen atoms in total. The molecule has 138 valence electrons. The maximum Gasteiger partial charge on any atom is 0.333 e. The highest BCUT2D eigenvalue weighted by molar-refractivity contribution is 6.41. The van der Waals surface area contributed by atoms with Crippen molar-refractivity contribution >= 4 is 35.1 Å². The minimum atomic E-state index is -1.90. The normalized spacial score (nSPS) is 38.4. The Hall–Kier alpha value is -0.560. The minimum Gasteiger partial charge on any atom is -0.468 e. The first-order valence-corrected chi connectivity index (χ1v) is 8.47. The molecule has 0 unspecified atom stereocenters. The van der Waals surface area contributed by atoms with Crippen LogP contribution in [0.25, 0.3) is 0 Å². The Bertz CT molecular complexity index is 541. The van der Waals surface area contributed by atoms with Gasteiger partial charge in [-0.2, -0.15) is 0 Å². The number of hydrogen-bond donors (Lipinski definition) is 0. The first-order chi connectivity index (χ1) is 10.9. The third kappa shape index (κ3) is 2.30. The molecule has 24 heavy (non-hydrogen) atoms. The average molecular weight is 383 g/mol. The van der Waals surface area contributed by atoms with Crippen molar-refractivity contribution < 1.29 is 28.5 Å². The lowest BCUT2D eigenvalue weighted by Crippen LogP contribution is -2.68. The Morgan fingerprint density at radius 3 is 2.17 bits per heavy atom. The Kier molecular flexibility index (Phi) is 4.95. The highest BCUT2D eigenvalue weighted by atomic mass is 35.5. The van der Waals surface area contributed by atoms with Gasteiger partial charge >= 0.3 is 11.9 Å². The molecule has 0 spiro atoms. The molecule has 0 amide bonds. The van der Waals surface area contributed by atoms with Crippen molar-refractivity contribution in [2.45, 2.75) is 55.3 Å². The van der Waals surface area contributed by atoms with Crippen LogP contribution in [0.1, 0.15) is 33.6 Å². The SMILES string of the molecule is COC(=O)[C@]1(Cl)C[C@@H]2C[C@@H](C(C)(C)C)OC(=O)[C@]2(Cl)C1(OC)OC. The van der Waals surface area contributed by atoms with E-state index in [1.165, 1.54) is 21.3 Å². The van der Waals surface area contributed by atoms with Crippen molar-refractivity contribution in [1.29, 1.82) is 0 Å². The number of cyclic esters (lactones) is 1. The van der Waals surface area contributed by atoms with Crippen molar-refractivity contribution in [1.82, 2.24) is 0 Å². The number of hydrogen-bond acceptors (Lipinski definition) is 6. The molecule has 8 heteroatoms. The molecule has 2 rings (SSSR count). The van der Waals surface area contributed by atoms with Crippen LogP contribution in [0.3, 0.4) is 0 Å². The van der Waals surface area contributed by atoms with Gasteiger partial charge in [0.1, 0.15) is 6.10 Å². The molecule has 4 atom stereocenters. The summed E-state index contributed by atoms with van der Waals surface area (Å²) in [5.41, 5.74) is -0.278. The van der Waals surface area contributed by atoms with Crippen LogP contribution in [0.2, 0.25) is 0 Å². The molecule has 1 saturated carbocycles. The predicted molar refractivity (Wildman–Crippen MR) is 88.0 cm³/mol. The van der Waals surface area contributed by atoms with Gasteiger partial charge in [0.05, 0.1) is 7.11 Å². The number of alkyl halides is 2. The second-order valence-electron chi connectivity index (χ2n) is 7.43. The van der Waals surface area contributed by atoms with E-state index in [1.54, 1.807) is 0 Å². The number of halogens is 2. The van der Waals surface area contributed by atoms with Gasteiger partial charge in [-0.3, -0.25) is 0 Å². The molecule has 0 N–H and O–H groups in total. The molecule has 0 aromatic rings. The number of carbonyl (C=O) groups excluding carboxylic acids is 2. The van der Waals surface area contributed by atoms with Crippen LogP contribution in [0.15, 0.2) is 0 Å². The van der Waals surface area contributed by atoms with Gasteiger partial charge in [0.25, 0.3) is 0 Å². The molecule has 0 aromatic heterocycles. The molecule has 2 fully saturated rings. The molecule has 2 aliphatic rings. The molecule has 0 bridgehead atoms. The number of fused-ring (bicyclic) bond motifs is 1. The van der Waals surface area contributed by atoms with Gasteiger partial charge in [-0.05, 0) is 18.3 Å². The van der Waals surface area contributed by atoms with Crippen LogP contribution in [0.5, 0.6) is 0 Å². The Labute approximate surface area is 152 Å². The zero-order valence-electron chi connectivity index (χ0n) is 14.8. The number of esters is 2. The lowest BCUT2D eigenvalue weighted by atomic mass is 9.77. The van der Waals surface area contributed by atoms with Crippen molar-refractivity contribution in [2.75, 3.05) is 21.3 Å².